The molecule has 1 amide bonds. The average molecular weight is 530 g/mol. The number of aliphatic hydroxyl groups is 1. The second-order valence-corrected chi connectivity index (χ2v) is 11.8. The minimum absolute atomic E-state index is 0.0634. The third-order valence-corrected chi connectivity index (χ3v) is 8.83. The summed E-state index contributed by atoms with van der Waals surface area (Å²) in [6.07, 6.45) is 2.02. The number of carbonyl (C=O) groups is 1. The molecule has 4 rings (SSSR count). The lowest BCUT2D eigenvalue weighted by atomic mass is 10.0. The maximum absolute atomic E-state index is 13.5. The number of carbonyl (C=O) groups excluding carboxylic acids is 1. The Labute approximate surface area is 217 Å². The number of aromatic nitrogens is 3. The first kappa shape index (κ1) is 27.2. The van der Waals surface area contributed by atoms with Crippen molar-refractivity contribution in [3.8, 4) is 0 Å². The number of aryl methyl sites for hydroxylation is 1. The van der Waals surface area contributed by atoms with Gasteiger partial charge in [0.05, 0.1) is 42.1 Å². The molecule has 200 valence electrons. The summed E-state index contributed by atoms with van der Waals surface area (Å²) in [5, 5.41) is 19.7. The molecule has 1 aromatic heterocycles. The molecule has 1 aliphatic heterocycles. The van der Waals surface area contributed by atoms with Crippen LogP contribution in [0.25, 0.3) is 10.8 Å². The molecule has 0 radical (unpaired) electrons. The Bertz CT molecular complexity index is 1330. The van der Waals surface area contributed by atoms with E-state index >= 15 is 0 Å². The van der Waals surface area contributed by atoms with Gasteiger partial charge in [0, 0.05) is 39.0 Å². The van der Waals surface area contributed by atoms with E-state index in [2.05, 4.69) is 10.3 Å². The van der Waals surface area contributed by atoms with Gasteiger partial charge in [-0.05, 0) is 36.2 Å². The van der Waals surface area contributed by atoms with E-state index in [0.717, 1.165) is 16.5 Å². The summed E-state index contributed by atoms with van der Waals surface area (Å²) in [5.41, 5.74) is 0.769. The standard InChI is InChI=1S/C26H35N5O5S/c1-19-15-30(20(2)17-32)26(33)9-6-12-31-23(14-27-28-31)18-36-25(19)16-29(3)37(34,35)24-11-10-21-7-4-5-8-22(21)13-24/h4-5,7-8,10-11,13-14,19-20,25,32H,6,9,12,15-18H2,1-3H3/t19-,20-,25+/m0/s1. The molecule has 37 heavy (non-hydrogen) atoms. The summed E-state index contributed by atoms with van der Waals surface area (Å²) in [6.45, 7) is 4.75. The van der Waals surface area contributed by atoms with Crippen LogP contribution in [0.2, 0.25) is 0 Å². The fourth-order valence-electron chi connectivity index (χ4n) is 4.61. The van der Waals surface area contributed by atoms with Gasteiger partial charge in [0.1, 0.15) is 0 Å². The zero-order chi connectivity index (χ0) is 26.6. The minimum atomic E-state index is -3.80. The number of hydrogen-bond donors (Lipinski definition) is 1. The van der Waals surface area contributed by atoms with Crippen LogP contribution in [-0.2, 0) is 32.7 Å². The number of rotatable bonds is 6. The van der Waals surface area contributed by atoms with Gasteiger partial charge in [-0.25, -0.2) is 13.1 Å². The molecule has 0 spiro atoms. The lowest BCUT2D eigenvalue weighted by molar-refractivity contribution is -0.136. The van der Waals surface area contributed by atoms with Crippen molar-refractivity contribution in [1.82, 2.24) is 24.2 Å². The monoisotopic (exact) mass is 529 g/mol. The number of fused-ring (bicyclic) bond motifs is 2. The van der Waals surface area contributed by atoms with Crippen LogP contribution in [-0.4, -0.2) is 82.5 Å². The topological polar surface area (TPSA) is 118 Å². The molecule has 1 aliphatic rings. The van der Waals surface area contributed by atoms with E-state index in [9.17, 15) is 18.3 Å². The highest BCUT2D eigenvalue weighted by molar-refractivity contribution is 7.89. The van der Waals surface area contributed by atoms with Crippen molar-refractivity contribution < 1.29 is 23.1 Å². The van der Waals surface area contributed by atoms with Crippen LogP contribution >= 0.6 is 0 Å². The zero-order valence-corrected chi connectivity index (χ0v) is 22.3. The first-order valence-corrected chi connectivity index (χ1v) is 14.0. The van der Waals surface area contributed by atoms with Crippen LogP contribution < -0.4 is 0 Å². The van der Waals surface area contributed by atoms with Crippen LogP contribution in [0.5, 0.6) is 0 Å². The highest BCUT2D eigenvalue weighted by atomic mass is 32.2. The quantitative estimate of drug-likeness (QED) is 0.521. The van der Waals surface area contributed by atoms with Crippen molar-refractivity contribution in [1.29, 1.82) is 0 Å². The minimum Gasteiger partial charge on any atom is -0.394 e. The first-order valence-electron chi connectivity index (χ1n) is 12.5. The van der Waals surface area contributed by atoms with Gasteiger partial charge >= 0.3 is 0 Å². The molecular weight excluding hydrogens is 494 g/mol. The van der Waals surface area contributed by atoms with Gasteiger partial charge in [0.15, 0.2) is 0 Å². The molecule has 0 unspecified atom stereocenters. The molecule has 0 aliphatic carbocycles. The Balaban J connectivity index is 1.60. The van der Waals surface area contributed by atoms with E-state index in [1.165, 1.54) is 4.31 Å². The molecule has 10 nitrogen and oxygen atoms in total. The maximum Gasteiger partial charge on any atom is 0.242 e. The van der Waals surface area contributed by atoms with E-state index in [1.807, 2.05) is 31.2 Å². The number of sulfonamides is 1. The van der Waals surface area contributed by atoms with Crippen molar-refractivity contribution in [2.45, 2.75) is 56.9 Å². The largest absolute Gasteiger partial charge is 0.394 e. The molecule has 3 atom stereocenters. The third kappa shape index (κ3) is 6.18. The predicted octanol–water partition coefficient (Wildman–Crippen LogP) is 2.28. The highest BCUT2D eigenvalue weighted by Gasteiger charge is 2.31. The van der Waals surface area contributed by atoms with E-state index in [-0.39, 0.29) is 42.5 Å². The maximum atomic E-state index is 13.5. The summed E-state index contributed by atoms with van der Waals surface area (Å²) >= 11 is 0. The molecule has 0 bridgehead atoms. The van der Waals surface area contributed by atoms with Gasteiger partial charge in [0.25, 0.3) is 0 Å². The lowest BCUT2D eigenvalue weighted by Crippen LogP contribution is -2.47. The number of aliphatic hydroxyl groups excluding tert-OH is 1. The van der Waals surface area contributed by atoms with E-state index in [0.29, 0.717) is 25.9 Å². The predicted molar refractivity (Wildman–Crippen MR) is 139 cm³/mol. The summed E-state index contributed by atoms with van der Waals surface area (Å²) in [7, 11) is -2.25. The van der Waals surface area contributed by atoms with Gasteiger partial charge in [0.2, 0.25) is 15.9 Å². The third-order valence-electron chi connectivity index (χ3n) is 7.01. The molecule has 2 heterocycles. The summed E-state index contributed by atoms with van der Waals surface area (Å²) in [4.78, 5) is 14.9. The number of benzene rings is 2. The molecule has 2 aromatic carbocycles. The summed E-state index contributed by atoms with van der Waals surface area (Å²) < 4.78 is 36.3. The second kappa shape index (κ2) is 11.7. The Kier molecular flexibility index (Phi) is 8.58. The molecule has 0 saturated carbocycles. The molecule has 0 saturated heterocycles. The summed E-state index contributed by atoms with van der Waals surface area (Å²) in [6, 6.07) is 12.4. The highest BCUT2D eigenvalue weighted by Crippen LogP contribution is 2.24. The molecule has 11 heteroatoms. The van der Waals surface area contributed by atoms with Gasteiger partial charge in [-0.1, -0.05) is 42.5 Å². The SMILES string of the molecule is C[C@H]1CN([C@@H](C)CO)C(=O)CCCn2nncc2CO[C@@H]1CN(C)S(=O)(=O)c1ccc2ccccc2c1. The van der Waals surface area contributed by atoms with Gasteiger partial charge < -0.3 is 14.7 Å². The van der Waals surface area contributed by atoms with Crippen molar-refractivity contribution in [3.63, 3.8) is 0 Å². The number of likely N-dealkylation sites (N-methyl/N-ethyl adjacent to an activating group) is 1. The van der Waals surface area contributed by atoms with Gasteiger partial charge in [-0.3, -0.25) is 4.79 Å². The molecule has 3 aromatic rings. The number of ether oxygens (including phenoxy) is 1. The van der Waals surface area contributed by atoms with Crippen LogP contribution in [0.3, 0.4) is 0 Å². The Morgan fingerprint density at radius 2 is 1.97 bits per heavy atom. The number of hydrogen-bond acceptors (Lipinski definition) is 7. The van der Waals surface area contributed by atoms with Crippen LogP contribution in [0, 0.1) is 5.92 Å². The second-order valence-electron chi connectivity index (χ2n) is 9.75. The van der Waals surface area contributed by atoms with E-state index < -0.39 is 16.1 Å². The van der Waals surface area contributed by atoms with Gasteiger partial charge in [-0.15, -0.1) is 5.10 Å². The zero-order valence-electron chi connectivity index (χ0n) is 21.5. The first-order chi connectivity index (χ1) is 17.7. The molecule has 1 N–H and O–H groups in total. The number of amides is 1. The van der Waals surface area contributed by atoms with E-state index in [1.54, 1.807) is 47.9 Å². The Morgan fingerprint density at radius 3 is 2.73 bits per heavy atom. The smallest absolute Gasteiger partial charge is 0.242 e. The van der Waals surface area contributed by atoms with Gasteiger partial charge in [-0.2, -0.15) is 4.31 Å². The molecule has 0 fully saturated rings. The Hall–Kier alpha value is -2.86. The van der Waals surface area contributed by atoms with Crippen LogP contribution in [0.4, 0.5) is 0 Å². The normalized spacial score (nSPS) is 20.9. The average Bonchev–Trinajstić information content (AvgIpc) is 3.34. The summed E-state index contributed by atoms with van der Waals surface area (Å²) in [5.74, 6) is -0.275. The van der Waals surface area contributed by atoms with Crippen molar-refractivity contribution in [2.24, 2.45) is 5.92 Å². The van der Waals surface area contributed by atoms with E-state index in [4.69, 9.17) is 4.74 Å². The fourth-order valence-corrected chi connectivity index (χ4v) is 5.82. The Morgan fingerprint density at radius 1 is 1.22 bits per heavy atom. The van der Waals surface area contributed by atoms with Crippen molar-refractivity contribution in [3.05, 3.63) is 54.4 Å². The van der Waals surface area contributed by atoms with Crippen molar-refractivity contribution >= 4 is 26.7 Å². The van der Waals surface area contributed by atoms with Crippen molar-refractivity contribution in [2.75, 3.05) is 26.7 Å². The van der Waals surface area contributed by atoms with Crippen LogP contribution in [0.1, 0.15) is 32.4 Å². The molecular formula is C26H35N5O5S. The van der Waals surface area contributed by atoms with Crippen LogP contribution in [0.15, 0.2) is 53.6 Å². The fraction of sp³-hybridized carbons (Fsp3) is 0.500. The number of nitrogens with zero attached hydrogens (tertiary/aromatic N) is 5. The lowest BCUT2D eigenvalue weighted by Gasteiger charge is -2.35.